The van der Waals surface area contributed by atoms with Crippen molar-refractivity contribution < 1.29 is 18.7 Å². The summed E-state index contributed by atoms with van der Waals surface area (Å²) in [6.07, 6.45) is 0. The Morgan fingerprint density at radius 3 is 2.45 bits per heavy atom. The Bertz CT molecular complexity index is 1150. The van der Waals surface area contributed by atoms with Crippen molar-refractivity contribution >= 4 is 27.5 Å². The first kappa shape index (κ1) is 21.1. The number of hydrogen-bond donors (Lipinski definition) is 0. The number of nitrogens with zero attached hydrogens (tertiary/aromatic N) is 2. The van der Waals surface area contributed by atoms with Crippen LogP contribution in [-0.2, 0) is 0 Å². The third kappa shape index (κ3) is 4.32. The molecule has 158 valence electrons. The monoisotopic (exact) mass is 482 g/mol. The Morgan fingerprint density at radius 2 is 1.77 bits per heavy atom. The second-order valence-corrected chi connectivity index (χ2v) is 7.97. The number of rotatable bonds is 5. The van der Waals surface area contributed by atoms with E-state index >= 15 is 0 Å². The highest BCUT2D eigenvalue weighted by Crippen LogP contribution is 2.34. The summed E-state index contributed by atoms with van der Waals surface area (Å²) in [6.45, 7) is 0.348. The van der Waals surface area contributed by atoms with Gasteiger partial charge >= 0.3 is 0 Å². The number of carbonyl (C=O) groups excluding carboxylic acids is 1. The van der Waals surface area contributed by atoms with Crippen molar-refractivity contribution in [2.24, 2.45) is 5.10 Å². The van der Waals surface area contributed by atoms with Gasteiger partial charge in [0.05, 0.1) is 26.5 Å². The molecule has 0 saturated heterocycles. The third-order valence-corrected chi connectivity index (χ3v) is 5.70. The van der Waals surface area contributed by atoms with Crippen LogP contribution in [0.15, 0.2) is 76.3 Å². The van der Waals surface area contributed by atoms with E-state index in [4.69, 9.17) is 9.47 Å². The van der Waals surface area contributed by atoms with E-state index < -0.39 is 5.82 Å². The maximum absolute atomic E-state index is 13.7. The molecule has 3 aromatic carbocycles. The van der Waals surface area contributed by atoms with Gasteiger partial charge in [-0.1, -0.05) is 34.1 Å². The smallest absolute Gasteiger partial charge is 0.274 e. The molecule has 1 unspecified atom stereocenters. The van der Waals surface area contributed by atoms with Crippen LogP contribution >= 0.6 is 15.9 Å². The topological polar surface area (TPSA) is 51.1 Å². The number of ether oxygens (including phenoxy) is 2. The molecule has 1 heterocycles. The first-order valence-corrected chi connectivity index (χ1v) is 10.4. The molecule has 0 radical (unpaired) electrons. The maximum Gasteiger partial charge on any atom is 0.274 e. The van der Waals surface area contributed by atoms with Crippen LogP contribution in [0.1, 0.15) is 27.4 Å². The largest absolute Gasteiger partial charge is 0.493 e. The highest BCUT2D eigenvalue weighted by Gasteiger charge is 2.33. The molecule has 0 N–H and O–H groups in total. The van der Waals surface area contributed by atoms with Gasteiger partial charge in [0.1, 0.15) is 5.82 Å². The first-order valence-electron chi connectivity index (χ1n) is 9.64. The summed E-state index contributed by atoms with van der Waals surface area (Å²) in [5, 5.41) is 6.04. The highest BCUT2D eigenvalue weighted by molar-refractivity contribution is 9.10. The van der Waals surface area contributed by atoms with E-state index in [9.17, 15) is 9.18 Å². The molecule has 1 atom stereocenters. The van der Waals surface area contributed by atoms with Gasteiger partial charge in [-0.3, -0.25) is 4.79 Å². The van der Waals surface area contributed by atoms with E-state index in [1.54, 1.807) is 20.3 Å². The van der Waals surface area contributed by atoms with Crippen molar-refractivity contribution in [2.75, 3.05) is 20.8 Å². The lowest BCUT2D eigenvalue weighted by Gasteiger charge is -2.16. The van der Waals surface area contributed by atoms with Gasteiger partial charge in [-0.25, -0.2) is 9.40 Å². The zero-order chi connectivity index (χ0) is 22.0. The average molecular weight is 483 g/mol. The van der Waals surface area contributed by atoms with Crippen LogP contribution in [0.5, 0.6) is 11.5 Å². The number of halogens is 2. The summed E-state index contributed by atoms with van der Waals surface area (Å²) >= 11 is 3.46. The van der Waals surface area contributed by atoms with Crippen LogP contribution in [-0.4, -0.2) is 37.4 Å². The van der Waals surface area contributed by atoms with Gasteiger partial charge in [0.2, 0.25) is 0 Å². The Labute approximate surface area is 188 Å². The van der Waals surface area contributed by atoms with Crippen molar-refractivity contribution in [1.29, 1.82) is 0 Å². The SMILES string of the molecule is COc1ccc(C2=NN(C(=O)c3cccc(F)c3)CC2c2ccc(Br)cc2)cc1OC. The Hall–Kier alpha value is -3.19. The molecule has 0 aliphatic carbocycles. The normalized spacial score (nSPS) is 15.5. The number of amides is 1. The lowest BCUT2D eigenvalue weighted by Crippen LogP contribution is -2.25. The van der Waals surface area contributed by atoms with Gasteiger partial charge in [0.15, 0.2) is 11.5 Å². The second kappa shape index (κ2) is 8.89. The van der Waals surface area contributed by atoms with E-state index in [1.165, 1.54) is 23.2 Å². The minimum atomic E-state index is -0.460. The molecule has 0 saturated carbocycles. The van der Waals surface area contributed by atoms with Gasteiger partial charge in [0.25, 0.3) is 5.91 Å². The van der Waals surface area contributed by atoms with Crippen LogP contribution in [0.3, 0.4) is 0 Å². The molecular formula is C24H20BrFN2O3. The molecule has 0 spiro atoms. The first-order chi connectivity index (χ1) is 15.0. The van der Waals surface area contributed by atoms with Crippen molar-refractivity contribution in [1.82, 2.24) is 5.01 Å². The number of hydrazone groups is 1. The van der Waals surface area contributed by atoms with E-state index in [2.05, 4.69) is 21.0 Å². The van der Waals surface area contributed by atoms with E-state index in [1.807, 2.05) is 42.5 Å². The van der Waals surface area contributed by atoms with Crippen molar-refractivity contribution in [2.45, 2.75) is 5.92 Å². The maximum atomic E-state index is 13.7. The quantitative estimate of drug-likeness (QED) is 0.498. The average Bonchev–Trinajstić information content (AvgIpc) is 3.24. The molecule has 3 aromatic rings. The minimum absolute atomic E-state index is 0.149. The van der Waals surface area contributed by atoms with Crippen LogP contribution in [0.4, 0.5) is 4.39 Å². The van der Waals surface area contributed by atoms with Crippen molar-refractivity contribution in [3.63, 3.8) is 0 Å². The zero-order valence-electron chi connectivity index (χ0n) is 17.0. The molecule has 1 amide bonds. The van der Waals surface area contributed by atoms with E-state index in [-0.39, 0.29) is 17.4 Å². The summed E-state index contributed by atoms with van der Waals surface area (Å²) in [4.78, 5) is 13.0. The molecule has 0 bridgehead atoms. The number of benzene rings is 3. The number of methoxy groups -OCH3 is 2. The molecular weight excluding hydrogens is 463 g/mol. The Balaban J connectivity index is 1.76. The molecule has 5 nitrogen and oxygen atoms in total. The Kier molecular flexibility index (Phi) is 6.04. The molecule has 0 aromatic heterocycles. The minimum Gasteiger partial charge on any atom is -0.493 e. The fourth-order valence-corrected chi connectivity index (χ4v) is 3.88. The molecule has 4 rings (SSSR count). The summed E-state index contributed by atoms with van der Waals surface area (Å²) in [5.41, 5.74) is 2.83. The molecule has 1 aliphatic heterocycles. The Morgan fingerprint density at radius 1 is 1.03 bits per heavy atom. The van der Waals surface area contributed by atoms with E-state index in [0.717, 1.165) is 21.3 Å². The van der Waals surface area contributed by atoms with Gasteiger partial charge in [0, 0.05) is 21.5 Å². The molecule has 7 heteroatoms. The fourth-order valence-electron chi connectivity index (χ4n) is 3.61. The predicted molar refractivity (Wildman–Crippen MR) is 120 cm³/mol. The van der Waals surface area contributed by atoms with Gasteiger partial charge in [-0.15, -0.1) is 0 Å². The van der Waals surface area contributed by atoms with Crippen molar-refractivity contribution in [3.8, 4) is 11.5 Å². The van der Waals surface area contributed by atoms with Crippen LogP contribution < -0.4 is 9.47 Å². The van der Waals surface area contributed by atoms with Crippen LogP contribution in [0.25, 0.3) is 0 Å². The highest BCUT2D eigenvalue weighted by atomic mass is 79.9. The third-order valence-electron chi connectivity index (χ3n) is 5.17. The predicted octanol–water partition coefficient (Wildman–Crippen LogP) is 5.25. The van der Waals surface area contributed by atoms with Crippen molar-refractivity contribution in [3.05, 3.63) is 93.7 Å². The lowest BCUT2D eigenvalue weighted by atomic mass is 9.90. The summed E-state index contributed by atoms with van der Waals surface area (Å²) in [5.74, 6) is 0.226. The lowest BCUT2D eigenvalue weighted by molar-refractivity contribution is 0.0774. The van der Waals surface area contributed by atoms with Crippen LogP contribution in [0.2, 0.25) is 0 Å². The van der Waals surface area contributed by atoms with Gasteiger partial charge in [-0.2, -0.15) is 5.10 Å². The van der Waals surface area contributed by atoms with Gasteiger partial charge < -0.3 is 9.47 Å². The van der Waals surface area contributed by atoms with Crippen LogP contribution in [0, 0.1) is 5.82 Å². The van der Waals surface area contributed by atoms with E-state index in [0.29, 0.717) is 18.0 Å². The number of hydrogen-bond acceptors (Lipinski definition) is 4. The molecule has 31 heavy (non-hydrogen) atoms. The zero-order valence-corrected chi connectivity index (χ0v) is 18.6. The molecule has 0 fully saturated rings. The standard InChI is InChI=1S/C24H20BrFN2O3/c1-30-21-11-8-16(13-22(21)31-2)23-20(15-6-9-18(25)10-7-15)14-28(27-23)24(29)17-4-3-5-19(26)12-17/h3-13,20H,14H2,1-2H3. The summed E-state index contributed by atoms with van der Waals surface area (Å²) in [6, 6.07) is 19.1. The summed E-state index contributed by atoms with van der Waals surface area (Å²) in [7, 11) is 3.15. The number of carbonyl (C=O) groups is 1. The summed E-state index contributed by atoms with van der Waals surface area (Å²) < 4.78 is 25.4. The second-order valence-electron chi connectivity index (χ2n) is 7.06. The molecule has 1 aliphatic rings. The van der Waals surface area contributed by atoms with Gasteiger partial charge in [-0.05, 0) is 54.1 Å². The fraction of sp³-hybridized carbons (Fsp3) is 0.167.